The first-order chi connectivity index (χ1) is 8.80. The number of rotatable bonds is 1. The fraction of sp³-hybridized carbons (Fsp3) is 0.364. The van der Waals surface area contributed by atoms with Gasteiger partial charge < -0.3 is 10.1 Å². The zero-order chi connectivity index (χ0) is 14.2. The summed E-state index contributed by atoms with van der Waals surface area (Å²) in [5, 5.41) is 1.73. The van der Waals surface area contributed by atoms with Gasteiger partial charge in [0, 0.05) is 12.0 Å². The van der Waals surface area contributed by atoms with Gasteiger partial charge in [-0.2, -0.15) is 13.2 Å². The number of ether oxygens (including phenoxy) is 1. The van der Waals surface area contributed by atoms with Crippen LogP contribution >= 0.6 is 11.6 Å². The van der Waals surface area contributed by atoms with Crippen molar-refractivity contribution in [2.75, 3.05) is 6.61 Å². The molecule has 0 unspecified atom stereocenters. The largest absolute Gasteiger partial charge is 0.449 e. The van der Waals surface area contributed by atoms with E-state index in [0.717, 1.165) is 6.07 Å². The molecule has 1 heterocycles. The second-order valence-electron chi connectivity index (χ2n) is 3.94. The SMILES string of the molecule is O=C1N[C@@H](c2c(C(F)(F)F)ccc(Cl)c2F)CCO1. The van der Waals surface area contributed by atoms with Crippen LogP contribution in [0.15, 0.2) is 12.1 Å². The van der Waals surface area contributed by atoms with Crippen LogP contribution in [0.1, 0.15) is 23.6 Å². The lowest BCUT2D eigenvalue weighted by molar-refractivity contribution is -0.138. The van der Waals surface area contributed by atoms with Crippen LogP contribution < -0.4 is 5.32 Å². The van der Waals surface area contributed by atoms with Gasteiger partial charge in [-0.15, -0.1) is 0 Å². The van der Waals surface area contributed by atoms with Crippen molar-refractivity contribution in [2.24, 2.45) is 0 Å². The molecule has 1 fully saturated rings. The number of nitrogens with one attached hydrogen (secondary N) is 1. The molecule has 2 rings (SSSR count). The third-order valence-electron chi connectivity index (χ3n) is 2.72. The number of carbonyl (C=O) groups is 1. The summed E-state index contributed by atoms with van der Waals surface area (Å²) in [4.78, 5) is 11.0. The first kappa shape index (κ1) is 13.9. The second kappa shape index (κ2) is 4.88. The molecular formula is C11H8ClF4NO2. The third-order valence-corrected chi connectivity index (χ3v) is 3.01. The Balaban J connectivity index is 2.53. The molecule has 0 aromatic heterocycles. The zero-order valence-electron chi connectivity index (χ0n) is 9.35. The number of hydrogen-bond donors (Lipinski definition) is 1. The predicted molar refractivity (Wildman–Crippen MR) is 58.3 cm³/mol. The summed E-state index contributed by atoms with van der Waals surface area (Å²) in [6.07, 6.45) is -5.58. The van der Waals surface area contributed by atoms with Gasteiger partial charge in [-0.05, 0) is 12.1 Å². The fourth-order valence-electron chi connectivity index (χ4n) is 1.90. The Morgan fingerprint density at radius 2 is 2.05 bits per heavy atom. The zero-order valence-corrected chi connectivity index (χ0v) is 10.1. The van der Waals surface area contributed by atoms with Crippen LogP contribution in [0.3, 0.4) is 0 Å². The summed E-state index contributed by atoms with van der Waals surface area (Å²) >= 11 is 5.51. The van der Waals surface area contributed by atoms with Crippen LogP contribution in [-0.2, 0) is 10.9 Å². The van der Waals surface area contributed by atoms with Crippen LogP contribution in [0.5, 0.6) is 0 Å². The highest BCUT2D eigenvalue weighted by Gasteiger charge is 2.38. The number of carbonyl (C=O) groups excluding carboxylic acids is 1. The van der Waals surface area contributed by atoms with E-state index in [0.29, 0.717) is 6.07 Å². The number of benzene rings is 1. The van der Waals surface area contributed by atoms with E-state index in [2.05, 4.69) is 10.1 Å². The Morgan fingerprint density at radius 3 is 2.63 bits per heavy atom. The standard InChI is InChI=1S/C11H8ClF4NO2/c12-6-2-1-5(11(14,15)16)8(9(6)13)7-3-4-19-10(18)17-7/h1-2,7H,3-4H2,(H,17,18)/t7-/m1/s1. The van der Waals surface area contributed by atoms with Crippen molar-refractivity contribution in [3.63, 3.8) is 0 Å². The van der Waals surface area contributed by atoms with Crippen LogP contribution in [-0.4, -0.2) is 12.7 Å². The van der Waals surface area contributed by atoms with Crippen LogP contribution in [0.25, 0.3) is 0 Å². The Labute approximate surface area is 110 Å². The summed E-state index contributed by atoms with van der Waals surface area (Å²) in [6, 6.07) is 0.420. The molecule has 1 atom stereocenters. The molecule has 1 aliphatic rings. The molecule has 1 aliphatic heterocycles. The molecule has 0 aliphatic carbocycles. The number of cyclic esters (lactones) is 1. The van der Waals surface area contributed by atoms with E-state index in [4.69, 9.17) is 11.6 Å². The van der Waals surface area contributed by atoms with E-state index < -0.39 is 40.3 Å². The van der Waals surface area contributed by atoms with Gasteiger partial charge in [0.2, 0.25) is 0 Å². The van der Waals surface area contributed by atoms with E-state index in [1.54, 1.807) is 0 Å². The van der Waals surface area contributed by atoms with E-state index in [1.165, 1.54) is 0 Å². The summed E-state index contributed by atoms with van der Waals surface area (Å²) in [6.45, 7) is -0.0836. The molecule has 1 aromatic carbocycles. The van der Waals surface area contributed by atoms with Gasteiger partial charge in [0.1, 0.15) is 5.82 Å². The maximum Gasteiger partial charge on any atom is 0.416 e. The van der Waals surface area contributed by atoms with Crippen molar-refractivity contribution in [3.8, 4) is 0 Å². The molecule has 1 amide bonds. The van der Waals surface area contributed by atoms with Gasteiger partial charge in [0.15, 0.2) is 0 Å². The third kappa shape index (κ3) is 2.75. The molecule has 0 radical (unpaired) electrons. The average molecular weight is 298 g/mol. The summed E-state index contributed by atoms with van der Waals surface area (Å²) in [5.74, 6) is -1.18. The van der Waals surface area contributed by atoms with E-state index in [9.17, 15) is 22.4 Å². The molecule has 3 nitrogen and oxygen atoms in total. The minimum absolute atomic E-state index is 0.0338. The normalized spacial score (nSPS) is 19.8. The lowest BCUT2D eigenvalue weighted by Gasteiger charge is -2.26. The average Bonchev–Trinajstić information content (AvgIpc) is 2.31. The van der Waals surface area contributed by atoms with Crippen LogP contribution in [0.2, 0.25) is 5.02 Å². The van der Waals surface area contributed by atoms with Gasteiger partial charge in [-0.1, -0.05) is 11.6 Å². The van der Waals surface area contributed by atoms with Gasteiger partial charge in [0.05, 0.1) is 23.2 Å². The van der Waals surface area contributed by atoms with Crippen molar-refractivity contribution in [2.45, 2.75) is 18.6 Å². The van der Waals surface area contributed by atoms with Crippen molar-refractivity contribution in [3.05, 3.63) is 34.1 Å². The van der Waals surface area contributed by atoms with Gasteiger partial charge >= 0.3 is 12.3 Å². The lowest BCUT2D eigenvalue weighted by atomic mass is 9.96. The highest BCUT2D eigenvalue weighted by molar-refractivity contribution is 6.30. The molecule has 0 spiro atoms. The Morgan fingerprint density at radius 1 is 1.37 bits per heavy atom. The van der Waals surface area contributed by atoms with E-state index in [1.807, 2.05) is 0 Å². The smallest absolute Gasteiger partial charge is 0.416 e. The van der Waals surface area contributed by atoms with Gasteiger partial charge in [-0.25, -0.2) is 9.18 Å². The molecular weight excluding hydrogens is 290 g/mol. The quantitative estimate of drug-likeness (QED) is 0.803. The molecule has 19 heavy (non-hydrogen) atoms. The minimum atomic E-state index is -4.73. The van der Waals surface area contributed by atoms with Gasteiger partial charge in [-0.3, -0.25) is 0 Å². The molecule has 0 bridgehead atoms. The Kier molecular flexibility index (Phi) is 3.58. The van der Waals surface area contributed by atoms with Crippen molar-refractivity contribution in [1.29, 1.82) is 0 Å². The number of amides is 1. The number of alkyl carbamates (subject to hydrolysis) is 1. The monoisotopic (exact) mass is 297 g/mol. The Hall–Kier alpha value is -1.50. The van der Waals surface area contributed by atoms with Gasteiger partial charge in [0.25, 0.3) is 0 Å². The van der Waals surface area contributed by atoms with E-state index >= 15 is 0 Å². The van der Waals surface area contributed by atoms with Crippen LogP contribution in [0.4, 0.5) is 22.4 Å². The Bertz CT molecular complexity index is 518. The van der Waals surface area contributed by atoms with Crippen LogP contribution in [0, 0.1) is 5.82 Å². The topological polar surface area (TPSA) is 38.3 Å². The minimum Gasteiger partial charge on any atom is -0.449 e. The van der Waals surface area contributed by atoms with Crippen molar-refractivity contribution >= 4 is 17.7 Å². The summed E-state index contributed by atoms with van der Waals surface area (Å²) < 4.78 is 57.0. The summed E-state index contributed by atoms with van der Waals surface area (Å²) in [7, 11) is 0. The predicted octanol–water partition coefficient (Wildman–Crippen LogP) is 3.67. The van der Waals surface area contributed by atoms with Crippen molar-refractivity contribution in [1.82, 2.24) is 5.32 Å². The molecule has 0 saturated carbocycles. The van der Waals surface area contributed by atoms with Crippen molar-refractivity contribution < 1.29 is 27.1 Å². The molecule has 1 aromatic rings. The highest BCUT2D eigenvalue weighted by atomic mass is 35.5. The lowest BCUT2D eigenvalue weighted by Crippen LogP contribution is -2.37. The molecule has 1 saturated heterocycles. The number of hydrogen-bond acceptors (Lipinski definition) is 2. The first-order valence-electron chi connectivity index (χ1n) is 5.29. The van der Waals surface area contributed by atoms with E-state index in [-0.39, 0.29) is 13.0 Å². The highest BCUT2D eigenvalue weighted by Crippen LogP contribution is 2.39. The maximum absolute atomic E-state index is 13.9. The number of halogens is 5. The molecule has 8 heteroatoms. The number of alkyl halides is 3. The fourth-order valence-corrected chi connectivity index (χ4v) is 2.06. The molecule has 1 N–H and O–H groups in total. The summed E-state index contributed by atoms with van der Waals surface area (Å²) in [5.41, 5.74) is -1.81. The second-order valence-corrected chi connectivity index (χ2v) is 4.35. The molecule has 104 valence electrons. The first-order valence-corrected chi connectivity index (χ1v) is 5.67. The maximum atomic E-state index is 13.9.